The van der Waals surface area contributed by atoms with Gasteiger partial charge >= 0.3 is 0 Å². The van der Waals surface area contributed by atoms with Gasteiger partial charge in [0.1, 0.15) is 5.75 Å². The summed E-state index contributed by atoms with van der Waals surface area (Å²) in [6.45, 7) is 3.98. The van der Waals surface area contributed by atoms with Gasteiger partial charge in [-0.1, -0.05) is 24.3 Å². The Kier molecular flexibility index (Phi) is 4.47. The number of nitrogens with zero attached hydrogens (tertiary/aromatic N) is 2. The largest absolute Gasteiger partial charge is 0.485 e. The third-order valence-corrected chi connectivity index (χ3v) is 4.69. The van der Waals surface area contributed by atoms with Crippen LogP contribution in [0.1, 0.15) is 21.7 Å². The van der Waals surface area contributed by atoms with Gasteiger partial charge in [-0.3, -0.25) is 9.78 Å². The normalized spacial score (nSPS) is 10.9. The lowest BCUT2D eigenvalue weighted by atomic mass is 10.1. The molecule has 0 amide bonds. The fraction of sp³-hybridized carbons (Fsp3) is 0.130. The van der Waals surface area contributed by atoms with Gasteiger partial charge in [-0.25, -0.2) is 0 Å². The molecule has 4 nitrogen and oxygen atoms in total. The van der Waals surface area contributed by atoms with Crippen LogP contribution in [-0.2, 0) is 0 Å². The molecule has 134 valence electrons. The van der Waals surface area contributed by atoms with Crippen LogP contribution in [0.4, 0.5) is 0 Å². The number of hydrogen-bond acceptors (Lipinski definition) is 3. The van der Waals surface area contributed by atoms with E-state index in [-0.39, 0.29) is 12.4 Å². The Hall–Kier alpha value is -3.40. The summed E-state index contributed by atoms with van der Waals surface area (Å²) in [6, 6.07) is 21.5. The van der Waals surface area contributed by atoms with E-state index in [1.807, 2.05) is 80.6 Å². The number of aromatic nitrogens is 2. The molecule has 0 unspecified atom stereocenters. The number of carbonyl (C=O) groups is 1. The number of carbonyl (C=O) groups excluding carboxylic acids is 1. The molecular weight excluding hydrogens is 336 g/mol. The van der Waals surface area contributed by atoms with Gasteiger partial charge in [0.25, 0.3) is 0 Å². The second kappa shape index (κ2) is 7.08. The van der Waals surface area contributed by atoms with Gasteiger partial charge in [0, 0.05) is 34.2 Å². The highest BCUT2D eigenvalue weighted by Gasteiger charge is 2.17. The van der Waals surface area contributed by atoms with Gasteiger partial charge in [0.15, 0.2) is 6.61 Å². The Morgan fingerprint density at radius 2 is 1.81 bits per heavy atom. The predicted octanol–water partition coefficient (Wildman–Crippen LogP) is 4.90. The van der Waals surface area contributed by atoms with Crippen molar-refractivity contribution in [1.82, 2.24) is 9.55 Å². The van der Waals surface area contributed by atoms with E-state index in [1.165, 1.54) is 0 Å². The SMILES string of the molecule is Cc1cc(C(=O)COc2ccc3ncccc3c2)c(C)n1-c1ccccc1. The second-order valence-electron chi connectivity index (χ2n) is 6.53. The van der Waals surface area contributed by atoms with Crippen LogP contribution in [0, 0.1) is 13.8 Å². The van der Waals surface area contributed by atoms with Crippen LogP contribution in [-0.4, -0.2) is 21.9 Å². The van der Waals surface area contributed by atoms with Gasteiger partial charge < -0.3 is 9.30 Å². The minimum atomic E-state index is -0.0310. The Morgan fingerprint density at radius 1 is 1.00 bits per heavy atom. The van der Waals surface area contributed by atoms with Gasteiger partial charge in [0.2, 0.25) is 5.78 Å². The van der Waals surface area contributed by atoms with Crippen molar-refractivity contribution in [2.45, 2.75) is 13.8 Å². The number of ketones is 1. The first-order valence-electron chi connectivity index (χ1n) is 8.88. The first-order valence-corrected chi connectivity index (χ1v) is 8.88. The summed E-state index contributed by atoms with van der Waals surface area (Å²) in [5, 5.41) is 0.990. The van der Waals surface area contributed by atoms with E-state index in [2.05, 4.69) is 9.55 Å². The molecule has 0 bridgehead atoms. The molecule has 0 saturated heterocycles. The standard InChI is InChI=1S/C23H20N2O2/c1-16-13-21(17(2)25(16)19-8-4-3-5-9-19)23(26)15-27-20-10-11-22-18(14-20)7-6-12-24-22/h3-14H,15H2,1-2H3. The summed E-state index contributed by atoms with van der Waals surface area (Å²) in [5.74, 6) is 0.636. The highest BCUT2D eigenvalue weighted by Crippen LogP contribution is 2.22. The number of benzene rings is 2. The summed E-state index contributed by atoms with van der Waals surface area (Å²) >= 11 is 0. The van der Waals surface area contributed by atoms with Crippen LogP contribution in [0.25, 0.3) is 16.6 Å². The first kappa shape index (κ1) is 17.0. The Morgan fingerprint density at radius 3 is 2.63 bits per heavy atom. The van der Waals surface area contributed by atoms with E-state index >= 15 is 0 Å². The van der Waals surface area contributed by atoms with Crippen molar-refractivity contribution in [3.8, 4) is 11.4 Å². The maximum absolute atomic E-state index is 12.7. The van der Waals surface area contributed by atoms with E-state index in [1.54, 1.807) is 6.20 Å². The van der Waals surface area contributed by atoms with E-state index < -0.39 is 0 Å². The van der Waals surface area contributed by atoms with Crippen LogP contribution >= 0.6 is 0 Å². The maximum Gasteiger partial charge on any atom is 0.202 e. The second-order valence-corrected chi connectivity index (χ2v) is 6.53. The first-order chi connectivity index (χ1) is 13.1. The summed E-state index contributed by atoms with van der Waals surface area (Å²) < 4.78 is 7.85. The van der Waals surface area contributed by atoms with E-state index in [9.17, 15) is 4.79 Å². The summed E-state index contributed by atoms with van der Waals surface area (Å²) in [6.07, 6.45) is 1.76. The lowest BCUT2D eigenvalue weighted by Gasteiger charge is -2.10. The zero-order valence-electron chi connectivity index (χ0n) is 15.3. The molecule has 0 aliphatic rings. The van der Waals surface area contributed by atoms with Gasteiger partial charge in [-0.2, -0.15) is 0 Å². The van der Waals surface area contributed by atoms with Crippen LogP contribution < -0.4 is 4.74 Å². The minimum Gasteiger partial charge on any atom is -0.485 e. The minimum absolute atomic E-state index is 0.00481. The number of hydrogen-bond donors (Lipinski definition) is 0. The topological polar surface area (TPSA) is 44.1 Å². The van der Waals surface area contributed by atoms with E-state index in [4.69, 9.17) is 4.74 Å². The fourth-order valence-electron chi connectivity index (χ4n) is 3.39. The smallest absolute Gasteiger partial charge is 0.202 e. The molecule has 4 heteroatoms. The van der Waals surface area contributed by atoms with Crippen LogP contribution in [0.5, 0.6) is 5.75 Å². The molecule has 4 rings (SSSR count). The molecule has 0 N–H and O–H groups in total. The average molecular weight is 356 g/mol. The number of pyridine rings is 1. The molecule has 0 fully saturated rings. The van der Waals surface area contributed by atoms with Crippen LogP contribution in [0.3, 0.4) is 0 Å². The van der Waals surface area contributed by atoms with Crippen molar-refractivity contribution >= 4 is 16.7 Å². The lowest BCUT2D eigenvalue weighted by Crippen LogP contribution is -2.12. The Labute approximate surface area is 158 Å². The Bertz CT molecular complexity index is 1110. The fourth-order valence-corrected chi connectivity index (χ4v) is 3.39. The molecule has 0 radical (unpaired) electrons. The average Bonchev–Trinajstić information content (AvgIpc) is 3.01. The summed E-state index contributed by atoms with van der Waals surface area (Å²) in [4.78, 5) is 17.0. The van der Waals surface area contributed by atoms with Crippen molar-refractivity contribution in [2.75, 3.05) is 6.61 Å². The van der Waals surface area contributed by atoms with Crippen molar-refractivity contribution in [3.63, 3.8) is 0 Å². The van der Waals surface area contributed by atoms with Gasteiger partial charge in [0.05, 0.1) is 5.52 Å². The molecule has 2 aromatic carbocycles. The van der Waals surface area contributed by atoms with E-state index in [0.29, 0.717) is 11.3 Å². The molecule has 0 aliphatic carbocycles. The van der Waals surface area contributed by atoms with Crippen molar-refractivity contribution in [1.29, 1.82) is 0 Å². The zero-order valence-corrected chi connectivity index (χ0v) is 15.3. The zero-order chi connectivity index (χ0) is 18.8. The molecule has 0 spiro atoms. The summed E-state index contributed by atoms with van der Waals surface area (Å²) in [5.41, 5.74) is 4.60. The Balaban J connectivity index is 1.54. The number of rotatable bonds is 5. The molecule has 27 heavy (non-hydrogen) atoms. The molecular formula is C23H20N2O2. The van der Waals surface area contributed by atoms with Gasteiger partial charge in [-0.15, -0.1) is 0 Å². The molecule has 2 heterocycles. The number of ether oxygens (including phenoxy) is 1. The molecule has 4 aromatic rings. The molecule has 0 aliphatic heterocycles. The maximum atomic E-state index is 12.7. The summed E-state index contributed by atoms with van der Waals surface area (Å²) in [7, 11) is 0. The molecule has 0 saturated carbocycles. The van der Waals surface area contributed by atoms with Crippen LogP contribution in [0.15, 0.2) is 72.9 Å². The highest BCUT2D eigenvalue weighted by molar-refractivity contribution is 5.98. The number of fused-ring (bicyclic) bond motifs is 1. The van der Waals surface area contributed by atoms with Crippen molar-refractivity contribution in [3.05, 3.63) is 89.9 Å². The van der Waals surface area contributed by atoms with Gasteiger partial charge in [-0.05, 0) is 56.3 Å². The van der Waals surface area contributed by atoms with Crippen LogP contribution in [0.2, 0.25) is 0 Å². The van der Waals surface area contributed by atoms with E-state index in [0.717, 1.165) is 28.0 Å². The third-order valence-electron chi connectivity index (χ3n) is 4.69. The van der Waals surface area contributed by atoms with Crippen molar-refractivity contribution in [2.24, 2.45) is 0 Å². The monoisotopic (exact) mass is 356 g/mol. The molecule has 0 atom stereocenters. The third kappa shape index (κ3) is 3.34. The highest BCUT2D eigenvalue weighted by atomic mass is 16.5. The quantitative estimate of drug-likeness (QED) is 0.478. The molecule has 2 aromatic heterocycles. The number of para-hydroxylation sites is 1. The number of aryl methyl sites for hydroxylation is 1. The number of Topliss-reactive ketones (excluding diaryl/α,β-unsaturated/α-hetero) is 1. The lowest BCUT2D eigenvalue weighted by molar-refractivity contribution is 0.0921. The van der Waals surface area contributed by atoms with Crippen molar-refractivity contribution < 1.29 is 9.53 Å². The predicted molar refractivity (Wildman–Crippen MR) is 107 cm³/mol.